The maximum absolute atomic E-state index is 6.47. The maximum Gasteiger partial charge on any atom is 0.122 e. The predicted octanol–water partition coefficient (Wildman–Crippen LogP) is 4.44. The number of hydrogen-bond acceptors (Lipinski definition) is 2. The van der Waals surface area contributed by atoms with Crippen LogP contribution in [0.5, 0.6) is 5.75 Å². The fraction of sp³-hybridized carbons (Fsp3) is 0.333. The first-order valence-electron chi connectivity index (χ1n) is 7.41. The van der Waals surface area contributed by atoms with Gasteiger partial charge in [-0.15, -0.1) is 0 Å². The van der Waals surface area contributed by atoms with E-state index in [1.165, 1.54) is 11.1 Å². The van der Waals surface area contributed by atoms with Crippen molar-refractivity contribution in [1.29, 1.82) is 0 Å². The lowest BCUT2D eigenvalue weighted by atomic mass is 10.0. The molecule has 0 spiro atoms. The van der Waals surface area contributed by atoms with Crippen molar-refractivity contribution in [3.05, 3.63) is 52.5 Å². The minimum absolute atomic E-state index is 0.472. The highest BCUT2D eigenvalue weighted by Crippen LogP contribution is 2.34. The molecule has 1 aliphatic heterocycles. The Kier molecular flexibility index (Phi) is 4.18. The Morgan fingerprint density at radius 2 is 2.05 bits per heavy atom. The number of ether oxygens (including phenoxy) is 1. The molecule has 3 rings (SSSR count). The quantitative estimate of drug-likeness (QED) is 0.901. The van der Waals surface area contributed by atoms with E-state index in [4.69, 9.17) is 16.3 Å². The number of rotatable bonds is 4. The van der Waals surface area contributed by atoms with Gasteiger partial charge in [-0.05, 0) is 34.9 Å². The molecule has 1 N–H and O–H groups in total. The molecule has 21 heavy (non-hydrogen) atoms. The summed E-state index contributed by atoms with van der Waals surface area (Å²) in [5.74, 6) is 1.01. The summed E-state index contributed by atoms with van der Waals surface area (Å²) in [6, 6.07) is 13.1. The van der Waals surface area contributed by atoms with E-state index >= 15 is 0 Å². The van der Waals surface area contributed by atoms with Gasteiger partial charge in [0.15, 0.2) is 0 Å². The van der Waals surface area contributed by atoms with E-state index in [-0.39, 0.29) is 0 Å². The Hall–Kier alpha value is -1.51. The summed E-state index contributed by atoms with van der Waals surface area (Å²) in [7, 11) is 0. The highest BCUT2D eigenvalue weighted by Gasteiger charge is 2.14. The van der Waals surface area contributed by atoms with Gasteiger partial charge in [-0.25, -0.2) is 0 Å². The molecular formula is C18H20ClNO. The molecule has 2 aromatic rings. The van der Waals surface area contributed by atoms with E-state index in [0.29, 0.717) is 6.04 Å². The predicted molar refractivity (Wildman–Crippen MR) is 88.1 cm³/mol. The van der Waals surface area contributed by atoms with Crippen molar-refractivity contribution in [2.24, 2.45) is 0 Å². The van der Waals surface area contributed by atoms with E-state index < -0.39 is 0 Å². The van der Waals surface area contributed by atoms with Crippen LogP contribution in [0.2, 0.25) is 5.02 Å². The van der Waals surface area contributed by atoms with Crippen LogP contribution >= 0.6 is 11.6 Å². The third-order valence-electron chi connectivity index (χ3n) is 3.75. The van der Waals surface area contributed by atoms with E-state index in [1.54, 1.807) is 0 Å². The molecule has 2 aromatic carbocycles. The second kappa shape index (κ2) is 6.08. The normalized spacial score (nSPS) is 13.3. The van der Waals surface area contributed by atoms with Gasteiger partial charge in [0.1, 0.15) is 5.75 Å². The Balaban J connectivity index is 1.85. The molecule has 0 fully saturated rings. The molecular weight excluding hydrogens is 282 g/mol. The lowest BCUT2D eigenvalue weighted by molar-refractivity contribution is 0.357. The van der Waals surface area contributed by atoms with Crippen molar-refractivity contribution in [3.8, 4) is 16.9 Å². The lowest BCUT2D eigenvalue weighted by Gasteiger charge is -2.11. The second-order valence-corrected chi connectivity index (χ2v) is 6.18. The van der Waals surface area contributed by atoms with Gasteiger partial charge in [0.05, 0.1) is 6.61 Å². The SMILES string of the molecule is CC(C)NCc1ccc(-c2ccc3c(c2)CCO3)c(Cl)c1. The third kappa shape index (κ3) is 3.22. The number of nitrogens with one attached hydrogen (secondary N) is 1. The first-order valence-corrected chi connectivity index (χ1v) is 7.79. The zero-order chi connectivity index (χ0) is 14.8. The summed E-state index contributed by atoms with van der Waals surface area (Å²) in [5.41, 5.74) is 4.73. The van der Waals surface area contributed by atoms with Crippen molar-refractivity contribution in [1.82, 2.24) is 5.32 Å². The molecule has 0 aliphatic carbocycles. The Morgan fingerprint density at radius 1 is 1.19 bits per heavy atom. The van der Waals surface area contributed by atoms with Crippen LogP contribution in [-0.2, 0) is 13.0 Å². The number of benzene rings is 2. The first-order chi connectivity index (χ1) is 10.1. The monoisotopic (exact) mass is 301 g/mol. The Bertz CT molecular complexity index is 652. The standard InChI is InChI=1S/C18H20ClNO/c1-12(2)20-11-13-3-5-16(17(19)9-13)14-4-6-18-15(10-14)7-8-21-18/h3-6,9-10,12,20H,7-8,11H2,1-2H3. The zero-order valence-electron chi connectivity index (χ0n) is 12.4. The summed E-state index contributed by atoms with van der Waals surface area (Å²) in [5, 5.41) is 4.21. The average molecular weight is 302 g/mol. The number of halogens is 1. The molecule has 2 nitrogen and oxygen atoms in total. The zero-order valence-corrected chi connectivity index (χ0v) is 13.2. The van der Waals surface area contributed by atoms with Crippen LogP contribution in [-0.4, -0.2) is 12.6 Å². The van der Waals surface area contributed by atoms with Crippen LogP contribution in [0.3, 0.4) is 0 Å². The fourth-order valence-electron chi connectivity index (χ4n) is 2.58. The van der Waals surface area contributed by atoms with Crippen molar-refractivity contribution >= 4 is 11.6 Å². The van der Waals surface area contributed by atoms with Gasteiger partial charge in [0.2, 0.25) is 0 Å². The highest BCUT2D eigenvalue weighted by molar-refractivity contribution is 6.33. The summed E-state index contributed by atoms with van der Waals surface area (Å²) >= 11 is 6.47. The van der Waals surface area contributed by atoms with Crippen LogP contribution in [0.4, 0.5) is 0 Å². The van der Waals surface area contributed by atoms with E-state index in [9.17, 15) is 0 Å². The van der Waals surface area contributed by atoms with Crippen LogP contribution < -0.4 is 10.1 Å². The lowest BCUT2D eigenvalue weighted by Crippen LogP contribution is -2.21. The van der Waals surface area contributed by atoms with Crippen molar-refractivity contribution in [3.63, 3.8) is 0 Å². The van der Waals surface area contributed by atoms with Gasteiger partial charge in [-0.1, -0.05) is 43.6 Å². The molecule has 1 heterocycles. The van der Waals surface area contributed by atoms with Gasteiger partial charge < -0.3 is 10.1 Å². The minimum atomic E-state index is 0.472. The maximum atomic E-state index is 6.47. The molecule has 0 saturated carbocycles. The van der Waals surface area contributed by atoms with Gasteiger partial charge >= 0.3 is 0 Å². The highest BCUT2D eigenvalue weighted by atomic mass is 35.5. The molecule has 0 bridgehead atoms. The van der Waals surface area contributed by atoms with Crippen LogP contribution in [0.1, 0.15) is 25.0 Å². The van der Waals surface area contributed by atoms with Crippen LogP contribution in [0.25, 0.3) is 11.1 Å². The van der Waals surface area contributed by atoms with Gasteiger partial charge in [0.25, 0.3) is 0 Å². The largest absolute Gasteiger partial charge is 0.493 e. The topological polar surface area (TPSA) is 21.3 Å². The first kappa shape index (κ1) is 14.4. The molecule has 3 heteroatoms. The van der Waals surface area contributed by atoms with E-state index in [0.717, 1.165) is 41.5 Å². The molecule has 0 aromatic heterocycles. The summed E-state index contributed by atoms with van der Waals surface area (Å²) < 4.78 is 5.55. The molecule has 110 valence electrons. The molecule has 0 radical (unpaired) electrons. The average Bonchev–Trinajstić information content (AvgIpc) is 2.92. The van der Waals surface area contributed by atoms with E-state index in [2.05, 4.69) is 49.5 Å². The van der Waals surface area contributed by atoms with Crippen LogP contribution in [0.15, 0.2) is 36.4 Å². The third-order valence-corrected chi connectivity index (χ3v) is 4.06. The van der Waals surface area contributed by atoms with Gasteiger partial charge in [0, 0.05) is 29.6 Å². The Morgan fingerprint density at radius 3 is 2.81 bits per heavy atom. The Labute approximate surface area is 131 Å². The molecule has 0 amide bonds. The van der Waals surface area contributed by atoms with Crippen molar-refractivity contribution in [2.45, 2.75) is 32.9 Å². The van der Waals surface area contributed by atoms with Gasteiger partial charge in [-0.3, -0.25) is 0 Å². The molecule has 0 unspecified atom stereocenters. The molecule has 0 atom stereocenters. The fourth-order valence-corrected chi connectivity index (χ4v) is 2.89. The molecule has 0 saturated heterocycles. The second-order valence-electron chi connectivity index (χ2n) is 5.77. The van der Waals surface area contributed by atoms with Crippen molar-refractivity contribution < 1.29 is 4.74 Å². The smallest absolute Gasteiger partial charge is 0.122 e. The summed E-state index contributed by atoms with van der Waals surface area (Å²) in [6.07, 6.45) is 0.983. The molecule has 1 aliphatic rings. The number of fused-ring (bicyclic) bond motifs is 1. The summed E-state index contributed by atoms with van der Waals surface area (Å²) in [4.78, 5) is 0. The number of hydrogen-bond donors (Lipinski definition) is 1. The minimum Gasteiger partial charge on any atom is -0.493 e. The summed E-state index contributed by atoms with van der Waals surface area (Å²) in [6.45, 7) is 5.91. The van der Waals surface area contributed by atoms with Crippen LogP contribution in [0, 0.1) is 0 Å². The van der Waals surface area contributed by atoms with E-state index in [1.807, 2.05) is 6.07 Å². The van der Waals surface area contributed by atoms with Crippen molar-refractivity contribution in [2.75, 3.05) is 6.61 Å². The van der Waals surface area contributed by atoms with Gasteiger partial charge in [-0.2, -0.15) is 0 Å².